The van der Waals surface area contributed by atoms with Gasteiger partial charge in [0.1, 0.15) is 24.0 Å². The number of β-amino-alcohol motifs (C(OH)–C–C–N with tert-alkyl or cyclic N) is 1. The van der Waals surface area contributed by atoms with Crippen molar-refractivity contribution in [3.05, 3.63) is 51.7 Å². The number of aliphatic hydroxyl groups excluding tert-OH is 1. The fourth-order valence-electron chi connectivity index (χ4n) is 3.96. The van der Waals surface area contributed by atoms with E-state index in [9.17, 15) is 14.3 Å². The van der Waals surface area contributed by atoms with Crippen LogP contribution in [-0.4, -0.2) is 65.7 Å². The molecule has 10 heteroatoms. The highest BCUT2D eigenvalue weighted by atomic mass is 35.5. The van der Waals surface area contributed by atoms with Crippen LogP contribution in [0.25, 0.3) is 0 Å². The lowest BCUT2D eigenvalue weighted by Gasteiger charge is -2.20. The van der Waals surface area contributed by atoms with E-state index in [1.54, 1.807) is 6.92 Å². The Morgan fingerprint density at radius 1 is 1.41 bits per heavy atom. The van der Waals surface area contributed by atoms with Gasteiger partial charge in [0.2, 0.25) is 0 Å². The van der Waals surface area contributed by atoms with Gasteiger partial charge in [-0.2, -0.15) is 0 Å². The number of carbonyl (C=O) groups excluding carboxylic acids is 1. The van der Waals surface area contributed by atoms with E-state index in [-0.39, 0.29) is 48.7 Å². The summed E-state index contributed by atoms with van der Waals surface area (Å²) in [5.74, 6) is -0.225. The Kier molecular flexibility index (Phi) is 6.32. The van der Waals surface area contributed by atoms with Crippen LogP contribution in [-0.2, 0) is 0 Å². The van der Waals surface area contributed by atoms with E-state index in [0.29, 0.717) is 35.1 Å². The molecule has 2 fully saturated rings. The number of benzene rings is 1. The van der Waals surface area contributed by atoms with Crippen molar-refractivity contribution in [1.82, 2.24) is 15.5 Å². The first-order valence-corrected chi connectivity index (χ1v) is 10.7. The molecule has 0 spiro atoms. The summed E-state index contributed by atoms with van der Waals surface area (Å²) >= 11 is 6.18. The molecule has 3 aliphatic rings. The Bertz CT molecular complexity index is 1070. The number of ether oxygens (including phenoxy) is 1. The lowest BCUT2D eigenvalue weighted by atomic mass is 10.1. The first-order valence-electron chi connectivity index (χ1n) is 10.4. The first-order chi connectivity index (χ1) is 15.2. The molecule has 4 rings (SSSR count). The minimum Gasteiger partial charge on any atom is -0.491 e. The molecule has 1 aromatic carbocycles. The molecule has 0 unspecified atom stereocenters. The smallest absolute Gasteiger partial charge is 0.258 e. The normalized spacial score (nSPS) is 25.8. The van der Waals surface area contributed by atoms with Crippen LogP contribution in [0.5, 0.6) is 5.75 Å². The maximum Gasteiger partial charge on any atom is 0.258 e. The molecule has 32 heavy (non-hydrogen) atoms. The second-order valence-electron chi connectivity index (χ2n) is 8.17. The SMILES string of the molecule is CC1=N/C(=C2\CN(C(=O)c3ccc(F)cc3OC[C@H]3C[C@H](O)CN3)CC2=N)NC(C)=C1Cl. The van der Waals surface area contributed by atoms with Crippen LogP contribution >= 0.6 is 11.6 Å². The summed E-state index contributed by atoms with van der Waals surface area (Å²) in [5, 5.41) is 24.8. The summed E-state index contributed by atoms with van der Waals surface area (Å²) in [6.07, 6.45) is 0.0937. The van der Waals surface area contributed by atoms with Crippen molar-refractivity contribution >= 4 is 28.9 Å². The lowest BCUT2D eigenvalue weighted by Crippen LogP contribution is -2.31. The molecular formula is C22H25ClFN5O3. The Balaban J connectivity index is 1.53. The lowest BCUT2D eigenvalue weighted by molar-refractivity contribution is 0.0798. The van der Waals surface area contributed by atoms with E-state index < -0.39 is 11.9 Å². The molecule has 0 aliphatic carbocycles. The van der Waals surface area contributed by atoms with Crippen LogP contribution in [0, 0.1) is 11.2 Å². The highest BCUT2D eigenvalue weighted by Crippen LogP contribution is 2.27. The molecule has 3 aliphatic heterocycles. The number of carbonyl (C=O) groups is 1. The largest absolute Gasteiger partial charge is 0.491 e. The molecule has 2 saturated heterocycles. The maximum atomic E-state index is 13.9. The fraction of sp³-hybridized carbons (Fsp3) is 0.409. The van der Waals surface area contributed by atoms with E-state index in [2.05, 4.69) is 15.6 Å². The van der Waals surface area contributed by atoms with Crippen molar-refractivity contribution in [3.63, 3.8) is 0 Å². The van der Waals surface area contributed by atoms with Crippen LogP contribution in [0.3, 0.4) is 0 Å². The summed E-state index contributed by atoms with van der Waals surface area (Å²) in [7, 11) is 0. The Morgan fingerprint density at radius 2 is 2.19 bits per heavy atom. The average Bonchev–Trinajstić information content (AvgIpc) is 3.35. The number of amides is 1. The molecular weight excluding hydrogens is 437 g/mol. The molecule has 3 heterocycles. The first kappa shape index (κ1) is 22.4. The van der Waals surface area contributed by atoms with Gasteiger partial charge >= 0.3 is 0 Å². The van der Waals surface area contributed by atoms with Crippen molar-refractivity contribution in [2.75, 3.05) is 26.2 Å². The Morgan fingerprint density at radius 3 is 2.88 bits per heavy atom. The van der Waals surface area contributed by atoms with E-state index in [1.807, 2.05) is 6.92 Å². The van der Waals surface area contributed by atoms with Crippen LogP contribution in [0.1, 0.15) is 30.6 Å². The zero-order valence-corrected chi connectivity index (χ0v) is 18.6. The molecule has 2 atom stereocenters. The molecule has 4 N–H and O–H groups in total. The van der Waals surface area contributed by atoms with Crippen LogP contribution in [0.4, 0.5) is 4.39 Å². The zero-order valence-electron chi connectivity index (χ0n) is 17.8. The van der Waals surface area contributed by atoms with Crippen molar-refractivity contribution < 1.29 is 19.0 Å². The number of likely N-dealkylation sites (tertiary alicyclic amines) is 1. The minimum atomic E-state index is -0.511. The maximum absolute atomic E-state index is 13.9. The van der Waals surface area contributed by atoms with Crippen molar-refractivity contribution in [1.29, 1.82) is 5.41 Å². The molecule has 1 aromatic rings. The monoisotopic (exact) mass is 461 g/mol. The zero-order chi connectivity index (χ0) is 23.0. The Labute approximate surface area is 190 Å². The number of halogens is 2. The van der Waals surface area contributed by atoms with E-state index >= 15 is 0 Å². The number of hydrogen-bond donors (Lipinski definition) is 4. The highest BCUT2D eigenvalue weighted by Gasteiger charge is 2.32. The fourth-order valence-corrected chi connectivity index (χ4v) is 4.05. The number of aliphatic imine (C=N–C) groups is 1. The third-order valence-corrected chi connectivity index (χ3v) is 6.24. The van der Waals surface area contributed by atoms with E-state index in [4.69, 9.17) is 21.7 Å². The summed E-state index contributed by atoms with van der Waals surface area (Å²) in [5.41, 5.74) is 2.48. The number of hydrogen-bond acceptors (Lipinski definition) is 7. The third-order valence-electron chi connectivity index (χ3n) is 5.68. The van der Waals surface area contributed by atoms with Gasteiger partial charge in [0.05, 0.1) is 41.2 Å². The number of allylic oxidation sites excluding steroid dienone is 2. The molecule has 0 saturated carbocycles. The predicted octanol–water partition coefficient (Wildman–Crippen LogP) is 2.15. The summed E-state index contributed by atoms with van der Waals surface area (Å²) < 4.78 is 19.6. The van der Waals surface area contributed by atoms with E-state index in [1.165, 1.54) is 23.1 Å². The van der Waals surface area contributed by atoms with Crippen LogP contribution in [0.2, 0.25) is 0 Å². The van der Waals surface area contributed by atoms with Gasteiger partial charge < -0.3 is 30.8 Å². The molecule has 0 bridgehead atoms. The van der Waals surface area contributed by atoms with Crippen molar-refractivity contribution in [2.24, 2.45) is 4.99 Å². The second kappa shape index (κ2) is 9.01. The van der Waals surface area contributed by atoms with Gasteiger partial charge in [-0.3, -0.25) is 4.79 Å². The van der Waals surface area contributed by atoms with Gasteiger partial charge in [-0.15, -0.1) is 0 Å². The third kappa shape index (κ3) is 4.55. The number of nitrogens with zero attached hydrogens (tertiary/aromatic N) is 2. The number of rotatable bonds is 4. The van der Waals surface area contributed by atoms with Gasteiger partial charge in [0.25, 0.3) is 5.91 Å². The molecule has 0 aromatic heterocycles. The number of nitrogens with one attached hydrogen (secondary N) is 3. The summed E-state index contributed by atoms with van der Waals surface area (Å²) in [4.78, 5) is 19.2. The highest BCUT2D eigenvalue weighted by molar-refractivity contribution is 6.43. The van der Waals surface area contributed by atoms with Crippen molar-refractivity contribution in [3.8, 4) is 5.75 Å². The summed E-state index contributed by atoms with van der Waals surface area (Å²) in [6, 6.07) is 3.72. The quantitative estimate of drug-likeness (QED) is 0.549. The van der Waals surface area contributed by atoms with Gasteiger partial charge in [-0.25, -0.2) is 9.38 Å². The Hall–Kier alpha value is -2.75. The number of aliphatic hydroxyl groups is 1. The van der Waals surface area contributed by atoms with Crippen molar-refractivity contribution in [2.45, 2.75) is 32.4 Å². The van der Waals surface area contributed by atoms with Crippen LogP contribution in [0.15, 0.2) is 45.3 Å². The van der Waals surface area contributed by atoms with Crippen LogP contribution < -0.4 is 15.4 Å². The molecule has 0 radical (unpaired) electrons. The molecule has 170 valence electrons. The summed E-state index contributed by atoms with van der Waals surface area (Å²) in [6.45, 7) is 4.59. The topological polar surface area (TPSA) is 110 Å². The standard InChI is InChI=1S/C22H25ClFN5O3/c1-11-20(23)12(2)28-21(27-11)17-8-29(9-18(17)25)22(31)16-4-3-13(24)5-19(16)32-10-14-6-15(30)7-26-14/h3-5,14-15,25-27,30H,6-10H2,1-2H3/b21-17+,25-18?/t14-,15+/m1/s1. The molecule has 8 nitrogen and oxygen atoms in total. The van der Waals surface area contributed by atoms with Gasteiger partial charge in [0, 0.05) is 29.9 Å². The average molecular weight is 462 g/mol. The van der Waals surface area contributed by atoms with Gasteiger partial charge in [0.15, 0.2) is 0 Å². The minimum absolute atomic E-state index is 0.0749. The molecule has 1 amide bonds. The van der Waals surface area contributed by atoms with E-state index in [0.717, 1.165) is 5.70 Å². The predicted molar refractivity (Wildman–Crippen MR) is 120 cm³/mol. The van der Waals surface area contributed by atoms with Gasteiger partial charge in [-0.1, -0.05) is 11.6 Å². The van der Waals surface area contributed by atoms with Gasteiger partial charge in [-0.05, 0) is 32.4 Å². The second-order valence-corrected chi connectivity index (χ2v) is 8.55.